The van der Waals surface area contributed by atoms with Gasteiger partial charge in [0.05, 0.1) is 0 Å². The highest BCUT2D eigenvalue weighted by molar-refractivity contribution is 5.30. The van der Waals surface area contributed by atoms with E-state index >= 15 is 0 Å². The molecule has 1 aromatic rings. The first-order valence-corrected chi connectivity index (χ1v) is 7.48. The smallest absolute Gasteiger partial charge is 0.0240 e. The van der Waals surface area contributed by atoms with Crippen LogP contribution in [-0.4, -0.2) is 11.4 Å². The first-order valence-electron chi connectivity index (χ1n) is 7.48. The topological polar surface area (TPSA) is 29.3 Å². The first kappa shape index (κ1) is 14.9. The minimum Gasteiger partial charge on any atom is -0.402 e. The number of nitrogens with two attached hydrogens (primary N) is 1. The Hall–Kier alpha value is -1.54. The zero-order chi connectivity index (χ0) is 14.5. The zero-order valence-electron chi connectivity index (χ0n) is 12.9. The van der Waals surface area contributed by atoms with Crippen molar-refractivity contribution in [1.29, 1.82) is 0 Å². The highest BCUT2D eigenvalue weighted by atomic mass is 15.1. The van der Waals surface area contributed by atoms with Gasteiger partial charge < -0.3 is 5.73 Å². The molecule has 0 unspecified atom stereocenters. The maximum Gasteiger partial charge on any atom is 0.0240 e. The molecule has 20 heavy (non-hydrogen) atoms. The molecule has 0 amide bonds. The SMILES string of the molecule is C/C(N)=C\C=C(\CCN1Cc2ccccc2C1)C(C)C. The van der Waals surface area contributed by atoms with Gasteiger partial charge in [0, 0.05) is 25.3 Å². The van der Waals surface area contributed by atoms with Gasteiger partial charge in [0.25, 0.3) is 0 Å². The Bertz CT molecular complexity index is 483. The third-order valence-electron chi connectivity index (χ3n) is 3.92. The number of benzene rings is 1. The van der Waals surface area contributed by atoms with Crippen molar-refractivity contribution in [3.8, 4) is 0 Å². The van der Waals surface area contributed by atoms with Crippen LogP contribution in [0.15, 0.2) is 47.7 Å². The lowest BCUT2D eigenvalue weighted by molar-refractivity contribution is 0.285. The molecule has 0 aliphatic carbocycles. The van der Waals surface area contributed by atoms with Crippen LogP contribution in [0.1, 0.15) is 38.3 Å². The van der Waals surface area contributed by atoms with Crippen molar-refractivity contribution in [2.75, 3.05) is 6.54 Å². The lowest BCUT2D eigenvalue weighted by Gasteiger charge is -2.18. The maximum absolute atomic E-state index is 5.72. The van der Waals surface area contributed by atoms with Gasteiger partial charge in [-0.05, 0) is 36.5 Å². The Morgan fingerprint density at radius 3 is 2.30 bits per heavy atom. The Morgan fingerprint density at radius 2 is 1.80 bits per heavy atom. The standard InChI is InChI=1S/C18H26N2/c1-14(2)16(9-8-15(3)19)10-11-20-12-17-6-4-5-7-18(17)13-20/h4-9,14H,10-13,19H2,1-3H3/b15-8+,16-9-. The third kappa shape index (κ3) is 3.97. The number of fused-ring (bicyclic) bond motifs is 1. The molecule has 1 aliphatic heterocycles. The van der Waals surface area contributed by atoms with Crippen molar-refractivity contribution in [1.82, 2.24) is 4.90 Å². The number of rotatable bonds is 5. The fraction of sp³-hybridized carbons (Fsp3) is 0.444. The van der Waals surface area contributed by atoms with Crippen molar-refractivity contribution in [2.45, 2.75) is 40.3 Å². The normalized spacial score (nSPS) is 16.8. The predicted octanol–water partition coefficient (Wildman–Crippen LogP) is 3.84. The van der Waals surface area contributed by atoms with Gasteiger partial charge in [0.15, 0.2) is 0 Å². The number of nitrogens with zero attached hydrogens (tertiary/aromatic N) is 1. The van der Waals surface area contributed by atoms with Crippen LogP contribution in [-0.2, 0) is 13.1 Å². The monoisotopic (exact) mass is 270 g/mol. The first-order chi connectivity index (χ1) is 9.56. The van der Waals surface area contributed by atoms with E-state index < -0.39 is 0 Å². The lowest BCUT2D eigenvalue weighted by atomic mass is 9.99. The zero-order valence-corrected chi connectivity index (χ0v) is 12.9. The van der Waals surface area contributed by atoms with E-state index in [0.29, 0.717) is 5.92 Å². The van der Waals surface area contributed by atoms with E-state index in [1.54, 1.807) is 0 Å². The van der Waals surface area contributed by atoms with Gasteiger partial charge in [-0.25, -0.2) is 0 Å². The summed E-state index contributed by atoms with van der Waals surface area (Å²) in [5, 5.41) is 0. The molecule has 0 aromatic heterocycles. The maximum atomic E-state index is 5.72. The van der Waals surface area contributed by atoms with Crippen molar-refractivity contribution >= 4 is 0 Å². The molecule has 1 aromatic carbocycles. The highest BCUT2D eigenvalue weighted by Crippen LogP contribution is 2.24. The predicted molar refractivity (Wildman–Crippen MR) is 86.0 cm³/mol. The summed E-state index contributed by atoms with van der Waals surface area (Å²) >= 11 is 0. The van der Waals surface area contributed by atoms with E-state index in [4.69, 9.17) is 5.73 Å². The number of hydrogen-bond acceptors (Lipinski definition) is 2. The average Bonchev–Trinajstić information content (AvgIpc) is 2.80. The molecule has 0 bridgehead atoms. The molecule has 1 aliphatic rings. The minimum atomic E-state index is 0.579. The molecule has 0 saturated carbocycles. The summed E-state index contributed by atoms with van der Waals surface area (Å²) < 4.78 is 0. The molecule has 2 N–H and O–H groups in total. The lowest BCUT2D eigenvalue weighted by Crippen LogP contribution is -2.18. The second-order valence-electron chi connectivity index (χ2n) is 6.04. The molecule has 0 atom stereocenters. The fourth-order valence-electron chi connectivity index (χ4n) is 2.65. The molecule has 0 radical (unpaired) electrons. The summed E-state index contributed by atoms with van der Waals surface area (Å²) in [6.07, 6.45) is 5.34. The summed E-state index contributed by atoms with van der Waals surface area (Å²) in [5.74, 6) is 0.579. The van der Waals surface area contributed by atoms with Gasteiger partial charge in [-0.2, -0.15) is 0 Å². The van der Waals surface area contributed by atoms with E-state index in [1.165, 1.54) is 16.7 Å². The van der Waals surface area contributed by atoms with Gasteiger partial charge in [0.1, 0.15) is 0 Å². The summed E-state index contributed by atoms with van der Waals surface area (Å²) in [7, 11) is 0. The number of hydrogen-bond donors (Lipinski definition) is 1. The van der Waals surface area contributed by atoms with Crippen LogP contribution in [0.25, 0.3) is 0 Å². The number of allylic oxidation sites excluding steroid dienone is 3. The van der Waals surface area contributed by atoms with Crippen LogP contribution in [0, 0.1) is 5.92 Å². The molecule has 2 nitrogen and oxygen atoms in total. The summed E-state index contributed by atoms with van der Waals surface area (Å²) in [5.41, 5.74) is 11.0. The van der Waals surface area contributed by atoms with Crippen LogP contribution >= 0.6 is 0 Å². The second kappa shape index (κ2) is 6.76. The molecule has 2 rings (SSSR count). The Kier molecular flexibility index (Phi) is 5.02. The third-order valence-corrected chi connectivity index (χ3v) is 3.92. The largest absolute Gasteiger partial charge is 0.402 e. The van der Waals surface area contributed by atoms with Gasteiger partial charge in [-0.3, -0.25) is 4.90 Å². The fourth-order valence-corrected chi connectivity index (χ4v) is 2.65. The Balaban J connectivity index is 1.92. The van der Waals surface area contributed by atoms with Gasteiger partial charge in [0.2, 0.25) is 0 Å². The molecular formula is C18H26N2. The molecule has 0 spiro atoms. The van der Waals surface area contributed by atoms with Gasteiger partial charge in [-0.15, -0.1) is 0 Å². The molecule has 0 saturated heterocycles. The van der Waals surface area contributed by atoms with Crippen molar-refractivity contribution < 1.29 is 0 Å². The summed E-state index contributed by atoms with van der Waals surface area (Å²) in [4.78, 5) is 2.53. The average molecular weight is 270 g/mol. The van der Waals surface area contributed by atoms with E-state index in [-0.39, 0.29) is 0 Å². The van der Waals surface area contributed by atoms with Crippen LogP contribution < -0.4 is 5.73 Å². The van der Waals surface area contributed by atoms with Crippen molar-refractivity contribution in [3.05, 3.63) is 58.8 Å². The summed E-state index contributed by atoms with van der Waals surface area (Å²) in [6, 6.07) is 8.76. The highest BCUT2D eigenvalue weighted by Gasteiger charge is 2.18. The van der Waals surface area contributed by atoms with Crippen LogP contribution in [0.3, 0.4) is 0 Å². The Morgan fingerprint density at radius 1 is 1.20 bits per heavy atom. The van der Waals surface area contributed by atoms with Crippen molar-refractivity contribution in [2.24, 2.45) is 11.7 Å². The quantitative estimate of drug-likeness (QED) is 0.824. The second-order valence-corrected chi connectivity index (χ2v) is 6.04. The van der Waals surface area contributed by atoms with Crippen LogP contribution in [0.5, 0.6) is 0 Å². The molecular weight excluding hydrogens is 244 g/mol. The van der Waals surface area contributed by atoms with E-state index in [0.717, 1.165) is 31.8 Å². The summed E-state index contributed by atoms with van der Waals surface area (Å²) in [6.45, 7) is 9.75. The van der Waals surface area contributed by atoms with E-state index in [1.807, 2.05) is 13.0 Å². The van der Waals surface area contributed by atoms with E-state index in [9.17, 15) is 0 Å². The van der Waals surface area contributed by atoms with Gasteiger partial charge >= 0.3 is 0 Å². The Labute approximate surface area is 123 Å². The van der Waals surface area contributed by atoms with E-state index in [2.05, 4.69) is 49.1 Å². The minimum absolute atomic E-state index is 0.579. The molecule has 2 heteroatoms. The molecule has 108 valence electrons. The van der Waals surface area contributed by atoms with Crippen LogP contribution in [0.4, 0.5) is 0 Å². The van der Waals surface area contributed by atoms with Crippen molar-refractivity contribution in [3.63, 3.8) is 0 Å². The van der Waals surface area contributed by atoms with Gasteiger partial charge in [-0.1, -0.05) is 49.8 Å². The molecule has 0 fully saturated rings. The molecule has 1 heterocycles. The van der Waals surface area contributed by atoms with Crippen LogP contribution in [0.2, 0.25) is 0 Å².